The van der Waals surface area contributed by atoms with Crippen LogP contribution in [0.25, 0.3) is 0 Å². The van der Waals surface area contributed by atoms with Crippen molar-refractivity contribution in [3.05, 3.63) is 96.1 Å². The van der Waals surface area contributed by atoms with E-state index in [4.69, 9.17) is 5.11 Å². The topological polar surface area (TPSA) is 40.5 Å². The maximum absolute atomic E-state index is 9.91. The van der Waals surface area contributed by atoms with Gasteiger partial charge in [0.1, 0.15) is 11.5 Å². The average molecular weight is 306 g/mol. The number of rotatable bonds is 2. The summed E-state index contributed by atoms with van der Waals surface area (Å²) in [5.74, 6) is 0.679. The van der Waals surface area contributed by atoms with Gasteiger partial charge >= 0.3 is 0 Å². The van der Waals surface area contributed by atoms with Crippen molar-refractivity contribution in [3.8, 4) is 11.5 Å². The molecule has 118 valence electrons. The highest BCUT2D eigenvalue weighted by Gasteiger charge is 2.25. The van der Waals surface area contributed by atoms with Gasteiger partial charge in [0.15, 0.2) is 0 Å². The molecule has 3 aromatic rings. The lowest BCUT2D eigenvalue weighted by Crippen LogP contribution is -2.18. The standard InChI is InChI=1S/C15H16O.C6H6O/c1-15(2,12-8-4-3-5-9-12)13-10-6-7-11-14(13)16;7-6-4-2-1-3-5-6/h3-11,16H,1-2H3;1-5,7H. The summed E-state index contributed by atoms with van der Waals surface area (Å²) >= 11 is 0. The van der Waals surface area contributed by atoms with Crippen molar-refractivity contribution in [2.24, 2.45) is 0 Å². The van der Waals surface area contributed by atoms with Crippen molar-refractivity contribution >= 4 is 0 Å². The molecule has 2 nitrogen and oxygen atoms in total. The first kappa shape index (κ1) is 16.6. The Morgan fingerprint density at radius 3 is 1.57 bits per heavy atom. The maximum atomic E-state index is 9.91. The zero-order valence-electron chi connectivity index (χ0n) is 13.5. The summed E-state index contributed by atoms with van der Waals surface area (Å²) in [6, 6.07) is 26.5. The second-order valence-electron chi connectivity index (χ2n) is 5.84. The third kappa shape index (κ3) is 4.36. The van der Waals surface area contributed by atoms with Crippen molar-refractivity contribution in [2.45, 2.75) is 19.3 Å². The fourth-order valence-corrected chi connectivity index (χ4v) is 2.44. The normalized spacial score (nSPS) is 10.5. The summed E-state index contributed by atoms with van der Waals surface area (Å²) in [7, 11) is 0. The molecule has 0 amide bonds. The molecule has 3 rings (SSSR count). The predicted molar refractivity (Wildman–Crippen MR) is 94.8 cm³/mol. The molecule has 2 N–H and O–H groups in total. The largest absolute Gasteiger partial charge is 0.508 e. The van der Waals surface area contributed by atoms with Crippen LogP contribution in [0.4, 0.5) is 0 Å². The summed E-state index contributed by atoms with van der Waals surface area (Å²) in [5.41, 5.74) is 1.99. The van der Waals surface area contributed by atoms with Gasteiger partial charge in [0.25, 0.3) is 0 Å². The van der Waals surface area contributed by atoms with Gasteiger partial charge in [-0.25, -0.2) is 0 Å². The lowest BCUT2D eigenvalue weighted by atomic mass is 9.78. The van der Waals surface area contributed by atoms with Crippen molar-refractivity contribution in [1.29, 1.82) is 0 Å². The van der Waals surface area contributed by atoms with Gasteiger partial charge < -0.3 is 10.2 Å². The van der Waals surface area contributed by atoms with E-state index in [1.54, 1.807) is 30.3 Å². The Morgan fingerprint density at radius 2 is 1.09 bits per heavy atom. The zero-order chi connectivity index (χ0) is 16.7. The number of para-hydroxylation sites is 2. The number of hydrogen-bond donors (Lipinski definition) is 2. The van der Waals surface area contributed by atoms with E-state index in [0.717, 1.165) is 5.56 Å². The monoisotopic (exact) mass is 306 g/mol. The van der Waals surface area contributed by atoms with E-state index < -0.39 is 0 Å². The van der Waals surface area contributed by atoms with Gasteiger partial charge in [0.05, 0.1) is 0 Å². The van der Waals surface area contributed by atoms with Crippen LogP contribution in [0.2, 0.25) is 0 Å². The van der Waals surface area contributed by atoms with Crippen molar-refractivity contribution in [1.82, 2.24) is 0 Å². The molecule has 0 saturated carbocycles. The van der Waals surface area contributed by atoms with Gasteiger partial charge in [-0.1, -0.05) is 80.6 Å². The van der Waals surface area contributed by atoms with Crippen molar-refractivity contribution < 1.29 is 10.2 Å². The van der Waals surface area contributed by atoms with E-state index in [9.17, 15) is 5.11 Å². The van der Waals surface area contributed by atoms with Gasteiger partial charge in [0.2, 0.25) is 0 Å². The molecule has 0 fully saturated rings. The minimum atomic E-state index is -0.174. The Labute approximate surface area is 137 Å². The quantitative estimate of drug-likeness (QED) is 0.690. The highest BCUT2D eigenvalue weighted by molar-refractivity contribution is 5.44. The molecule has 0 bridgehead atoms. The molecule has 0 aliphatic carbocycles. The van der Waals surface area contributed by atoms with Crippen LogP contribution >= 0.6 is 0 Å². The van der Waals surface area contributed by atoms with Gasteiger partial charge in [-0.3, -0.25) is 0 Å². The average Bonchev–Trinajstić information content (AvgIpc) is 2.57. The smallest absolute Gasteiger partial charge is 0.119 e. The zero-order valence-corrected chi connectivity index (χ0v) is 13.5. The van der Waals surface area contributed by atoms with E-state index in [1.165, 1.54) is 5.56 Å². The molecular formula is C21H22O2. The molecule has 0 heterocycles. The summed E-state index contributed by atoms with van der Waals surface area (Å²) in [4.78, 5) is 0. The van der Waals surface area contributed by atoms with Crippen molar-refractivity contribution in [2.75, 3.05) is 0 Å². The van der Waals surface area contributed by atoms with Gasteiger partial charge in [-0.2, -0.15) is 0 Å². The van der Waals surface area contributed by atoms with Gasteiger partial charge in [0, 0.05) is 11.0 Å². The maximum Gasteiger partial charge on any atom is 0.119 e. The first-order valence-electron chi connectivity index (χ1n) is 7.60. The Kier molecular flexibility index (Phi) is 5.42. The lowest BCUT2D eigenvalue weighted by molar-refractivity contribution is 0.453. The van der Waals surface area contributed by atoms with Crippen LogP contribution in [0.15, 0.2) is 84.9 Å². The van der Waals surface area contributed by atoms with Crippen molar-refractivity contribution in [3.63, 3.8) is 0 Å². The van der Waals surface area contributed by atoms with Crippen LogP contribution < -0.4 is 0 Å². The van der Waals surface area contributed by atoms with Crippen LogP contribution in [-0.4, -0.2) is 10.2 Å². The van der Waals surface area contributed by atoms with E-state index >= 15 is 0 Å². The number of phenolic OH excluding ortho intramolecular Hbond substituents is 2. The Morgan fingerprint density at radius 1 is 0.609 bits per heavy atom. The Bertz CT molecular complexity index is 719. The summed E-state index contributed by atoms with van der Waals surface area (Å²) in [5, 5.41) is 18.5. The fraction of sp³-hybridized carbons (Fsp3) is 0.143. The molecule has 0 aromatic heterocycles. The lowest BCUT2D eigenvalue weighted by Gasteiger charge is -2.26. The van der Waals surface area contributed by atoms with Gasteiger partial charge in [-0.05, 0) is 23.8 Å². The second kappa shape index (κ2) is 7.50. The number of phenols is 2. The molecular weight excluding hydrogens is 284 g/mol. The molecule has 0 aliphatic heterocycles. The molecule has 0 unspecified atom stereocenters. The molecule has 2 heteroatoms. The molecule has 0 aliphatic rings. The van der Waals surface area contributed by atoms with Crippen LogP contribution in [0.3, 0.4) is 0 Å². The highest BCUT2D eigenvalue weighted by Crippen LogP contribution is 2.36. The second-order valence-corrected chi connectivity index (χ2v) is 5.84. The van der Waals surface area contributed by atoms with E-state index in [1.807, 2.05) is 42.5 Å². The number of aromatic hydroxyl groups is 2. The predicted octanol–water partition coefficient (Wildman–Crippen LogP) is 5.11. The molecule has 0 spiro atoms. The summed E-state index contributed by atoms with van der Waals surface area (Å²) in [6.45, 7) is 4.24. The van der Waals surface area contributed by atoms with Gasteiger partial charge in [-0.15, -0.1) is 0 Å². The number of hydrogen-bond acceptors (Lipinski definition) is 2. The molecule has 0 atom stereocenters. The van der Waals surface area contributed by atoms with E-state index in [-0.39, 0.29) is 5.41 Å². The fourth-order valence-electron chi connectivity index (χ4n) is 2.44. The molecule has 3 aromatic carbocycles. The first-order valence-corrected chi connectivity index (χ1v) is 7.60. The third-order valence-electron chi connectivity index (χ3n) is 3.83. The van der Waals surface area contributed by atoms with Crippen LogP contribution in [0.1, 0.15) is 25.0 Å². The minimum absolute atomic E-state index is 0.174. The molecule has 0 radical (unpaired) electrons. The highest BCUT2D eigenvalue weighted by atomic mass is 16.3. The van der Waals surface area contributed by atoms with Crippen LogP contribution in [0.5, 0.6) is 11.5 Å². The summed E-state index contributed by atoms with van der Waals surface area (Å²) in [6.07, 6.45) is 0. The SMILES string of the molecule is CC(C)(c1ccccc1)c1ccccc1O.Oc1ccccc1. The Balaban J connectivity index is 0.000000229. The van der Waals surface area contributed by atoms with Crippen LogP contribution in [0, 0.1) is 0 Å². The first-order chi connectivity index (χ1) is 11.0. The molecule has 0 saturated heterocycles. The van der Waals surface area contributed by atoms with E-state index in [0.29, 0.717) is 11.5 Å². The summed E-state index contributed by atoms with van der Waals surface area (Å²) < 4.78 is 0. The Hall–Kier alpha value is -2.74. The minimum Gasteiger partial charge on any atom is -0.508 e. The number of benzene rings is 3. The third-order valence-corrected chi connectivity index (χ3v) is 3.83. The van der Waals surface area contributed by atoms with Crippen LogP contribution in [-0.2, 0) is 5.41 Å². The van der Waals surface area contributed by atoms with E-state index in [2.05, 4.69) is 26.0 Å². The molecule has 23 heavy (non-hydrogen) atoms.